The Kier molecular flexibility index (Phi) is 5.26. The van der Waals surface area contributed by atoms with Gasteiger partial charge in [-0.15, -0.1) is 0 Å². The molecule has 0 radical (unpaired) electrons. The highest BCUT2D eigenvalue weighted by atomic mass is 79.9. The van der Waals surface area contributed by atoms with Gasteiger partial charge in [-0.05, 0) is 70.1 Å². The third-order valence-corrected chi connectivity index (χ3v) is 3.79. The minimum Gasteiger partial charge on any atom is -0.396 e. The molecule has 106 valence electrons. The second kappa shape index (κ2) is 6.95. The monoisotopic (exact) mass is 340 g/mol. The maximum Gasteiger partial charge on any atom is 0.137 e. The Morgan fingerprint density at radius 1 is 1.00 bits per heavy atom. The molecule has 0 bridgehead atoms. The van der Waals surface area contributed by atoms with Gasteiger partial charge in [0.05, 0.1) is 4.47 Å². The molecule has 0 amide bonds. The molecule has 2 rings (SSSR count). The normalized spacial score (nSPS) is 12.4. The Morgan fingerprint density at radius 2 is 1.70 bits per heavy atom. The van der Waals surface area contributed by atoms with Gasteiger partial charge in [-0.3, -0.25) is 0 Å². The van der Waals surface area contributed by atoms with Crippen LogP contribution < -0.4 is 0 Å². The van der Waals surface area contributed by atoms with Crippen molar-refractivity contribution in [1.29, 1.82) is 0 Å². The van der Waals surface area contributed by atoms with Crippen LogP contribution in [0.25, 0.3) is 0 Å². The van der Waals surface area contributed by atoms with Crippen molar-refractivity contribution in [1.82, 2.24) is 0 Å². The van der Waals surface area contributed by atoms with Gasteiger partial charge in [0.25, 0.3) is 0 Å². The van der Waals surface area contributed by atoms with Crippen LogP contribution in [0, 0.1) is 17.6 Å². The zero-order valence-electron chi connectivity index (χ0n) is 10.8. The minimum atomic E-state index is -0.306. The molecular weight excluding hydrogens is 326 g/mol. The highest BCUT2D eigenvalue weighted by molar-refractivity contribution is 9.10. The number of rotatable bonds is 5. The molecule has 2 aromatic rings. The van der Waals surface area contributed by atoms with Gasteiger partial charge in [0, 0.05) is 6.61 Å². The lowest BCUT2D eigenvalue weighted by Gasteiger charge is -2.14. The van der Waals surface area contributed by atoms with Crippen LogP contribution >= 0.6 is 15.9 Å². The van der Waals surface area contributed by atoms with Gasteiger partial charge < -0.3 is 5.11 Å². The fraction of sp³-hybridized carbons (Fsp3) is 0.250. The van der Waals surface area contributed by atoms with E-state index < -0.39 is 0 Å². The lowest BCUT2D eigenvalue weighted by Crippen LogP contribution is -2.13. The summed E-state index contributed by atoms with van der Waals surface area (Å²) >= 11 is 3.15. The second-order valence-corrected chi connectivity index (χ2v) is 5.69. The van der Waals surface area contributed by atoms with Crippen LogP contribution in [0.5, 0.6) is 0 Å². The van der Waals surface area contributed by atoms with E-state index in [1.54, 1.807) is 18.2 Å². The van der Waals surface area contributed by atoms with Crippen molar-refractivity contribution >= 4 is 15.9 Å². The number of hydrogen-bond acceptors (Lipinski definition) is 1. The molecule has 1 N–H and O–H groups in total. The molecule has 0 aromatic heterocycles. The van der Waals surface area contributed by atoms with Crippen LogP contribution in [0.3, 0.4) is 0 Å². The predicted molar refractivity (Wildman–Crippen MR) is 78.5 cm³/mol. The molecule has 1 unspecified atom stereocenters. The summed E-state index contributed by atoms with van der Waals surface area (Å²) < 4.78 is 26.7. The van der Waals surface area contributed by atoms with Crippen molar-refractivity contribution in [3.63, 3.8) is 0 Å². The van der Waals surface area contributed by atoms with Crippen LogP contribution in [-0.2, 0) is 12.8 Å². The summed E-state index contributed by atoms with van der Waals surface area (Å²) in [5.74, 6) is -0.600. The zero-order valence-corrected chi connectivity index (χ0v) is 12.4. The molecule has 0 heterocycles. The summed E-state index contributed by atoms with van der Waals surface area (Å²) in [6, 6.07) is 11.2. The topological polar surface area (TPSA) is 20.2 Å². The summed E-state index contributed by atoms with van der Waals surface area (Å²) in [6.45, 7) is 0.00547. The minimum absolute atomic E-state index is 0.00547. The molecular formula is C16H15BrF2O. The molecule has 0 aliphatic carbocycles. The lowest BCUT2D eigenvalue weighted by atomic mass is 9.93. The molecule has 20 heavy (non-hydrogen) atoms. The Labute approximate surface area is 125 Å². The Hall–Kier alpha value is -1.26. The summed E-state index contributed by atoms with van der Waals surface area (Å²) in [6.07, 6.45) is 1.20. The smallest absolute Gasteiger partial charge is 0.137 e. The zero-order chi connectivity index (χ0) is 14.5. The van der Waals surface area contributed by atoms with Gasteiger partial charge >= 0.3 is 0 Å². The second-order valence-electron chi connectivity index (χ2n) is 4.84. The van der Waals surface area contributed by atoms with E-state index in [-0.39, 0.29) is 24.2 Å². The van der Waals surface area contributed by atoms with Crippen molar-refractivity contribution in [2.24, 2.45) is 5.92 Å². The average Bonchev–Trinajstić information content (AvgIpc) is 2.42. The van der Waals surface area contributed by atoms with Gasteiger partial charge in [-0.25, -0.2) is 8.78 Å². The molecule has 4 heteroatoms. The maximum absolute atomic E-state index is 13.2. The molecule has 0 saturated carbocycles. The molecule has 0 aliphatic heterocycles. The highest BCUT2D eigenvalue weighted by Crippen LogP contribution is 2.20. The van der Waals surface area contributed by atoms with Gasteiger partial charge in [-0.1, -0.05) is 18.2 Å². The van der Waals surface area contributed by atoms with Crippen molar-refractivity contribution in [3.8, 4) is 0 Å². The quantitative estimate of drug-likeness (QED) is 0.867. The standard InChI is InChI=1S/C16H15BrF2O/c17-15-9-12(4-5-16(15)19)7-13(10-20)6-11-2-1-3-14(18)8-11/h1-5,8-9,13,20H,6-7,10H2. The Bertz CT molecular complexity index is 586. The predicted octanol–water partition coefficient (Wildman–Crippen LogP) is 4.12. The SMILES string of the molecule is OCC(Cc1cccc(F)c1)Cc1ccc(F)c(Br)c1. The first-order valence-corrected chi connectivity index (χ1v) is 7.17. The Morgan fingerprint density at radius 3 is 2.30 bits per heavy atom. The van der Waals surface area contributed by atoms with E-state index in [0.717, 1.165) is 11.1 Å². The number of benzene rings is 2. The van der Waals surface area contributed by atoms with E-state index in [4.69, 9.17) is 0 Å². The van der Waals surface area contributed by atoms with Gasteiger partial charge in [0.2, 0.25) is 0 Å². The van der Waals surface area contributed by atoms with Crippen LogP contribution in [0.15, 0.2) is 46.9 Å². The molecule has 0 spiro atoms. The van der Waals surface area contributed by atoms with Crippen molar-refractivity contribution < 1.29 is 13.9 Å². The maximum atomic E-state index is 13.2. The van der Waals surface area contributed by atoms with Crippen LogP contribution in [0.1, 0.15) is 11.1 Å². The molecule has 0 fully saturated rings. The summed E-state index contributed by atoms with van der Waals surface area (Å²) in [5, 5.41) is 9.46. The molecule has 0 saturated heterocycles. The fourth-order valence-corrected chi connectivity index (χ4v) is 2.62. The van der Waals surface area contributed by atoms with Crippen molar-refractivity contribution in [2.45, 2.75) is 12.8 Å². The van der Waals surface area contributed by atoms with Crippen LogP contribution in [-0.4, -0.2) is 11.7 Å². The van der Waals surface area contributed by atoms with E-state index in [1.165, 1.54) is 18.2 Å². The number of hydrogen-bond donors (Lipinski definition) is 1. The van der Waals surface area contributed by atoms with E-state index in [2.05, 4.69) is 15.9 Å². The van der Waals surface area contributed by atoms with Gasteiger partial charge in [0.1, 0.15) is 11.6 Å². The van der Waals surface area contributed by atoms with E-state index in [0.29, 0.717) is 17.3 Å². The van der Waals surface area contributed by atoms with Crippen molar-refractivity contribution in [3.05, 3.63) is 69.7 Å². The third kappa shape index (κ3) is 4.12. The fourth-order valence-electron chi connectivity index (χ4n) is 2.20. The molecule has 1 nitrogen and oxygen atoms in total. The van der Waals surface area contributed by atoms with Crippen LogP contribution in [0.4, 0.5) is 8.78 Å². The lowest BCUT2D eigenvalue weighted by molar-refractivity contribution is 0.225. The average molecular weight is 341 g/mol. The first-order valence-electron chi connectivity index (χ1n) is 6.37. The van der Waals surface area contributed by atoms with E-state index >= 15 is 0 Å². The molecule has 1 atom stereocenters. The van der Waals surface area contributed by atoms with E-state index in [1.807, 2.05) is 6.07 Å². The van der Waals surface area contributed by atoms with E-state index in [9.17, 15) is 13.9 Å². The number of halogens is 3. The first kappa shape index (κ1) is 15.1. The summed E-state index contributed by atoms with van der Waals surface area (Å²) in [4.78, 5) is 0. The summed E-state index contributed by atoms with van der Waals surface area (Å²) in [7, 11) is 0. The summed E-state index contributed by atoms with van der Waals surface area (Å²) in [5.41, 5.74) is 1.79. The van der Waals surface area contributed by atoms with Gasteiger partial charge in [0.15, 0.2) is 0 Å². The first-order chi connectivity index (χ1) is 9.58. The number of aliphatic hydroxyl groups is 1. The Balaban J connectivity index is 2.07. The molecule has 2 aromatic carbocycles. The van der Waals surface area contributed by atoms with Gasteiger partial charge in [-0.2, -0.15) is 0 Å². The third-order valence-electron chi connectivity index (χ3n) is 3.18. The highest BCUT2D eigenvalue weighted by Gasteiger charge is 2.11. The van der Waals surface area contributed by atoms with Crippen molar-refractivity contribution in [2.75, 3.05) is 6.61 Å². The number of aliphatic hydroxyl groups excluding tert-OH is 1. The molecule has 0 aliphatic rings. The largest absolute Gasteiger partial charge is 0.396 e. The van der Waals surface area contributed by atoms with Crippen LogP contribution in [0.2, 0.25) is 0 Å².